The van der Waals surface area contributed by atoms with Gasteiger partial charge in [-0.3, -0.25) is 4.79 Å². The minimum atomic E-state index is -0.154. The molecule has 0 atom stereocenters. The second kappa shape index (κ2) is 6.51. The second-order valence-corrected chi connectivity index (χ2v) is 3.32. The van der Waals surface area contributed by atoms with Gasteiger partial charge in [-0.2, -0.15) is 4.98 Å². The Kier molecular flexibility index (Phi) is 4.99. The number of amides is 1. The van der Waals surface area contributed by atoms with Gasteiger partial charge in [0.15, 0.2) is 5.82 Å². The fourth-order valence-corrected chi connectivity index (χ4v) is 1.09. The number of aromatic nitrogens is 2. The largest absolute Gasteiger partial charge is 0.476 e. The van der Waals surface area contributed by atoms with E-state index in [1.807, 2.05) is 6.92 Å². The zero-order valence-corrected chi connectivity index (χ0v) is 9.99. The average Bonchev–Trinajstić information content (AvgIpc) is 2.35. The van der Waals surface area contributed by atoms with E-state index >= 15 is 0 Å². The van der Waals surface area contributed by atoms with E-state index in [1.165, 1.54) is 6.33 Å². The predicted molar refractivity (Wildman–Crippen MR) is 64.8 cm³/mol. The number of likely N-dealkylation sites (N-methyl/N-ethyl adjacent to an activating group) is 1. The number of nitrogen functional groups attached to an aromatic ring is 1. The third-order valence-electron chi connectivity index (χ3n) is 1.99. The van der Waals surface area contributed by atoms with Crippen molar-refractivity contribution in [2.75, 3.05) is 31.2 Å². The molecule has 0 unspecified atom stereocenters. The zero-order chi connectivity index (χ0) is 12.7. The summed E-state index contributed by atoms with van der Waals surface area (Å²) in [7, 11) is 1.56. The third-order valence-corrected chi connectivity index (χ3v) is 1.99. The Morgan fingerprint density at radius 3 is 2.94 bits per heavy atom. The van der Waals surface area contributed by atoms with E-state index in [-0.39, 0.29) is 12.5 Å². The molecule has 0 aliphatic heterocycles. The van der Waals surface area contributed by atoms with Crippen LogP contribution in [0.3, 0.4) is 0 Å². The van der Waals surface area contributed by atoms with Crippen LogP contribution in [0.15, 0.2) is 6.33 Å². The molecule has 0 radical (unpaired) electrons. The van der Waals surface area contributed by atoms with Crippen LogP contribution in [0.1, 0.15) is 13.3 Å². The number of nitrogens with two attached hydrogens (primary N) is 1. The van der Waals surface area contributed by atoms with Crippen LogP contribution < -0.4 is 21.1 Å². The third kappa shape index (κ3) is 3.78. The van der Waals surface area contributed by atoms with E-state index in [1.54, 1.807) is 7.05 Å². The molecule has 0 fully saturated rings. The van der Waals surface area contributed by atoms with E-state index in [2.05, 4.69) is 20.6 Å². The molecule has 17 heavy (non-hydrogen) atoms. The highest BCUT2D eigenvalue weighted by Gasteiger charge is 2.09. The first-order valence-electron chi connectivity index (χ1n) is 5.36. The molecule has 4 N–H and O–H groups in total. The normalized spacial score (nSPS) is 9.76. The molecule has 0 spiro atoms. The minimum absolute atomic E-state index is 0.102. The molecule has 1 heterocycles. The van der Waals surface area contributed by atoms with Crippen LogP contribution in [-0.4, -0.2) is 36.1 Å². The quantitative estimate of drug-likeness (QED) is 0.646. The van der Waals surface area contributed by atoms with Crippen molar-refractivity contribution in [3.05, 3.63) is 6.33 Å². The molecule has 1 rings (SSSR count). The molecule has 0 saturated carbocycles. The van der Waals surface area contributed by atoms with Crippen LogP contribution in [0, 0.1) is 0 Å². The Morgan fingerprint density at radius 2 is 2.29 bits per heavy atom. The van der Waals surface area contributed by atoms with E-state index in [4.69, 9.17) is 10.5 Å². The van der Waals surface area contributed by atoms with Gasteiger partial charge in [-0.05, 0) is 6.42 Å². The van der Waals surface area contributed by atoms with Crippen molar-refractivity contribution >= 4 is 17.4 Å². The molecule has 0 saturated heterocycles. The summed E-state index contributed by atoms with van der Waals surface area (Å²) in [6, 6.07) is 0. The van der Waals surface area contributed by atoms with Crippen molar-refractivity contribution in [3.63, 3.8) is 0 Å². The molecule has 94 valence electrons. The first-order valence-corrected chi connectivity index (χ1v) is 5.36. The van der Waals surface area contributed by atoms with Crippen molar-refractivity contribution in [2.45, 2.75) is 13.3 Å². The second-order valence-electron chi connectivity index (χ2n) is 3.32. The van der Waals surface area contributed by atoms with Gasteiger partial charge in [0.25, 0.3) is 0 Å². The van der Waals surface area contributed by atoms with E-state index in [9.17, 15) is 4.79 Å². The van der Waals surface area contributed by atoms with Crippen LogP contribution in [0.25, 0.3) is 0 Å². The van der Waals surface area contributed by atoms with Crippen LogP contribution in [-0.2, 0) is 4.79 Å². The van der Waals surface area contributed by atoms with E-state index < -0.39 is 0 Å². The number of carbonyl (C=O) groups is 1. The summed E-state index contributed by atoms with van der Waals surface area (Å²) in [5.41, 5.74) is 6.12. The van der Waals surface area contributed by atoms with Gasteiger partial charge in [0.1, 0.15) is 12.0 Å². The van der Waals surface area contributed by atoms with Gasteiger partial charge in [0.2, 0.25) is 11.8 Å². The Labute approximate surface area is 99.8 Å². The van der Waals surface area contributed by atoms with Gasteiger partial charge in [-0.1, -0.05) is 6.92 Å². The van der Waals surface area contributed by atoms with E-state index in [0.717, 1.165) is 6.42 Å². The van der Waals surface area contributed by atoms with Crippen LogP contribution in [0.4, 0.5) is 11.5 Å². The Balaban J connectivity index is 2.69. The van der Waals surface area contributed by atoms with E-state index in [0.29, 0.717) is 24.0 Å². The van der Waals surface area contributed by atoms with Crippen LogP contribution in [0.2, 0.25) is 0 Å². The van der Waals surface area contributed by atoms with Crippen molar-refractivity contribution in [1.29, 1.82) is 0 Å². The summed E-state index contributed by atoms with van der Waals surface area (Å²) in [6.07, 6.45) is 2.21. The first-order chi connectivity index (χ1) is 8.19. The molecule has 1 amide bonds. The lowest BCUT2D eigenvalue weighted by Gasteiger charge is -2.10. The van der Waals surface area contributed by atoms with Gasteiger partial charge < -0.3 is 21.1 Å². The summed E-state index contributed by atoms with van der Waals surface area (Å²) in [5.74, 6) is 0.579. The molecule has 1 aromatic heterocycles. The fourth-order valence-electron chi connectivity index (χ4n) is 1.09. The van der Waals surface area contributed by atoms with Crippen molar-refractivity contribution in [1.82, 2.24) is 15.3 Å². The summed E-state index contributed by atoms with van der Waals surface area (Å²) in [6.45, 7) is 2.63. The Morgan fingerprint density at radius 1 is 1.53 bits per heavy atom. The van der Waals surface area contributed by atoms with Gasteiger partial charge in [0.05, 0.1) is 13.2 Å². The molecule has 0 aromatic carbocycles. The Bertz CT molecular complexity index is 383. The lowest BCUT2D eigenvalue weighted by Crippen LogP contribution is -2.26. The molecule has 0 aliphatic carbocycles. The standard InChI is InChI=1S/C10H17N5O2/c1-3-4-17-10-8(11)9(14-6-15-10)13-5-7(16)12-2/h6H,3-5,11H2,1-2H3,(H,12,16)(H,13,14,15). The minimum Gasteiger partial charge on any atom is -0.476 e. The molecular formula is C10H17N5O2. The molecule has 7 nitrogen and oxygen atoms in total. The zero-order valence-electron chi connectivity index (χ0n) is 9.99. The van der Waals surface area contributed by atoms with Crippen molar-refractivity contribution < 1.29 is 9.53 Å². The number of ether oxygens (including phenoxy) is 1. The van der Waals surface area contributed by atoms with Crippen molar-refractivity contribution in [2.24, 2.45) is 0 Å². The highest BCUT2D eigenvalue weighted by atomic mass is 16.5. The van der Waals surface area contributed by atoms with Gasteiger partial charge in [-0.25, -0.2) is 4.98 Å². The molecule has 7 heteroatoms. The highest BCUT2D eigenvalue weighted by Crippen LogP contribution is 2.24. The summed E-state index contributed by atoms with van der Waals surface area (Å²) >= 11 is 0. The van der Waals surface area contributed by atoms with Gasteiger partial charge in [0, 0.05) is 7.05 Å². The molecule has 0 aliphatic rings. The number of rotatable bonds is 6. The topological polar surface area (TPSA) is 102 Å². The number of hydrogen-bond acceptors (Lipinski definition) is 6. The maximum atomic E-state index is 11.1. The summed E-state index contributed by atoms with van der Waals surface area (Å²) in [4.78, 5) is 18.9. The SMILES string of the molecule is CCCOc1ncnc(NCC(=O)NC)c1N. The number of carbonyl (C=O) groups excluding carboxylic acids is 1. The average molecular weight is 239 g/mol. The fraction of sp³-hybridized carbons (Fsp3) is 0.500. The number of nitrogens with one attached hydrogen (secondary N) is 2. The lowest BCUT2D eigenvalue weighted by atomic mass is 10.4. The summed E-state index contributed by atoms with van der Waals surface area (Å²) in [5, 5.41) is 5.30. The summed E-state index contributed by atoms with van der Waals surface area (Å²) < 4.78 is 5.34. The molecule has 0 bridgehead atoms. The number of hydrogen-bond donors (Lipinski definition) is 3. The predicted octanol–water partition coefficient (Wildman–Crippen LogP) is 0.00550. The monoisotopic (exact) mass is 239 g/mol. The van der Waals surface area contributed by atoms with Crippen LogP contribution >= 0.6 is 0 Å². The smallest absolute Gasteiger partial charge is 0.242 e. The number of anilines is 2. The molecule has 1 aromatic rings. The lowest BCUT2D eigenvalue weighted by molar-refractivity contribution is -0.118. The highest BCUT2D eigenvalue weighted by molar-refractivity contribution is 5.81. The number of nitrogens with zero attached hydrogens (tertiary/aromatic N) is 2. The Hall–Kier alpha value is -2.05. The van der Waals surface area contributed by atoms with Crippen LogP contribution in [0.5, 0.6) is 5.88 Å². The maximum absolute atomic E-state index is 11.1. The van der Waals surface area contributed by atoms with Crippen molar-refractivity contribution in [3.8, 4) is 5.88 Å². The first kappa shape index (κ1) is 13.0. The van der Waals surface area contributed by atoms with Gasteiger partial charge in [-0.15, -0.1) is 0 Å². The maximum Gasteiger partial charge on any atom is 0.242 e. The molecular weight excluding hydrogens is 222 g/mol. The van der Waals surface area contributed by atoms with Gasteiger partial charge >= 0.3 is 0 Å².